The van der Waals surface area contributed by atoms with Gasteiger partial charge >= 0.3 is 5.97 Å². The van der Waals surface area contributed by atoms with Crippen molar-refractivity contribution in [2.24, 2.45) is 0 Å². The molecule has 3 aromatic carbocycles. The number of ether oxygens (including phenoxy) is 1. The summed E-state index contributed by atoms with van der Waals surface area (Å²) in [7, 11) is 1.41. The molecule has 5 heteroatoms. The standard InChI is InChI=1S/C30H32N2O3/c1-35-30(34)27-19-26(31-18-17-25(20-31)22-11-5-2-6-12-22)21-32(27)29(33)28(23-13-7-3-8-14-23)24-15-9-4-10-16-24/h2-16,25-28H,17-21H2,1H3/t25-,26?,27-/m0/s1. The molecule has 2 aliphatic rings. The van der Waals surface area contributed by atoms with E-state index in [1.165, 1.54) is 12.7 Å². The van der Waals surface area contributed by atoms with E-state index >= 15 is 0 Å². The van der Waals surface area contributed by atoms with E-state index in [0.29, 0.717) is 18.9 Å². The lowest BCUT2D eigenvalue weighted by atomic mass is 9.90. The highest BCUT2D eigenvalue weighted by molar-refractivity contribution is 5.91. The van der Waals surface area contributed by atoms with Gasteiger partial charge in [-0.3, -0.25) is 9.69 Å². The van der Waals surface area contributed by atoms with Crippen LogP contribution in [-0.4, -0.2) is 60.5 Å². The molecule has 0 N–H and O–H groups in total. The number of carbonyl (C=O) groups excluding carboxylic acids is 2. The zero-order valence-corrected chi connectivity index (χ0v) is 20.1. The zero-order valence-electron chi connectivity index (χ0n) is 20.1. The summed E-state index contributed by atoms with van der Waals surface area (Å²) in [4.78, 5) is 31.2. The summed E-state index contributed by atoms with van der Waals surface area (Å²) >= 11 is 0. The van der Waals surface area contributed by atoms with E-state index in [9.17, 15) is 9.59 Å². The molecule has 2 aliphatic heterocycles. The molecule has 0 bridgehead atoms. The number of nitrogens with zero attached hydrogens (tertiary/aromatic N) is 2. The minimum absolute atomic E-state index is 0.0425. The van der Waals surface area contributed by atoms with Gasteiger partial charge in [-0.25, -0.2) is 4.79 Å². The molecule has 180 valence electrons. The maximum Gasteiger partial charge on any atom is 0.328 e. The molecule has 2 heterocycles. The molecule has 2 fully saturated rings. The highest BCUT2D eigenvalue weighted by Crippen LogP contribution is 2.35. The quantitative estimate of drug-likeness (QED) is 0.502. The van der Waals surface area contributed by atoms with Crippen molar-refractivity contribution in [3.63, 3.8) is 0 Å². The van der Waals surface area contributed by atoms with Gasteiger partial charge in [0.2, 0.25) is 5.91 Å². The van der Waals surface area contributed by atoms with Crippen LogP contribution in [0, 0.1) is 0 Å². The van der Waals surface area contributed by atoms with Crippen LogP contribution in [0.2, 0.25) is 0 Å². The summed E-state index contributed by atoms with van der Waals surface area (Å²) < 4.78 is 5.16. The third kappa shape index (κ3) is 4.87. The van der Waals surface area contributed by atoms with Gasteiger partial charge in [-0.05, 0) is 42.0 Å². The Bertz CT molecular complexity index is 1100. The van der Waals surface area contributed by atoms with Gasteiger partial charge in [-0.1, -0.05) is 91.0 Å². The van der Waals surface area contributed by atoms with Gasteiger partial charge in [-0.15, -0.1) is 0 Å². The predicted octanol–water partition coefficient (Wildman–Crippen LogP) is 4.45. The Morgan fingerprint density at radius 2 is 1.40 bits per heavy atom. The predicted molar refractivity (Wildman–Crippen MR) is 136 cm³/mol. The molecule has 2 saturated heterocycles. The molecule has 0 spiro atoms. The highest BCUT2D eigenvalue weighted by atomic mass is 16.5. The molecule has 5 rings (SSSR count). The molecule has 5 nitrogen and oxygen atoms in total. The number of benzene rings is 3. The van der Waals surface area contributed by atoms with E-state index < -0.39 is 12.0 Å². The SMILES string of the molecule is COC(=O)[C@@H]1CC(N2CC[C@H](c3ccccc3)C2)CN1C(=O)C(c1ccccc1)c1ccccc1. The number of carbonyl (C=O) groups is 2. The zero-order chi connectivity index (χ0) is 24.2. The normalized spacial score (nSPS) is 22.5. The van der Waals surface area contributed by atoms with Crippen LogP contribution < -0.4 is 0 Å². The van der Waals surface area contributed by atoms with Crippen LogP contribution in [0.4, 0.5) is 0 Å². The van der Waals surface area contributed by atoms with Crippen LogP contribution in [0.5, 0.6) is 0 Å². The number of likely N-dealkylation sites (tertiary alicyclic amines) is 2. The van der Waals surface area contributed by atoms with Crippen LogP contribution >= 0.6 is 0 Å². The smallest absolute Gasteiger partial charge is 0.328 e. The van der Waals surface area contributed by atoms with Crippen molar-refractivity contribution in [1.82, 2.24) is 9.80 Å². The maximum atomic E-state index is 14.1. The summed E-state index contributed by atoms with van der Waals surface area (Å²) in [5.41, 5.74) is 3.22. The van der Waals surface area contributed by atoms with Gasteiger partial charge < -0.3 is 9.64 Å². The Morgan fingerprint density at radius 3 is 1.97 bits per heavy atom. The molecule has 1 amide bonds. The molecule has 0 radical (unpaired) electrons. The Labute approximate surface area is 207 Å². The van der Waals surface area contributed by atoms with Crippen molar-refractivity contribution in [1.29, 1.82) is 0 Å². The van der Waals surface area contributed by atoms with Crippen LogP contribution in [0.25, 0.3) is 0 Å². The topological polar surface area (TPSA) is 49.9 Å². The van der Waals surface area contributed by atoms with Gasteiger partial charge in [0.05, 0.1) is 13.0 Å². The Hall–Kier alpha value is -3.44. The van der Waals surface area contributed by atoms with Crippen molar-refractivity contribution in [3.8, 4) is 0 Å². The molecular formula is C30H32N2O3. The van der Waals surface area contributed by atoms with E-state index in [4.69, 9.17) is 4.74 Å². The van der Waals surface area contributed by atoms with Crippen molar-refractivity contribution in [2.45, 2.75) is 36.8 Å². The molecule has 3 atom stereocenters. The second-order valence-corrected chi connectivity index (χ2v) is 9.56. The second-order valence-electron chi connectivity index (χ2n) is 9.56. The van der Waals surface area contributed by atoms with Gasteiger partial charge in [0.1, 0.15) is 6.04 Å². The van der Waals surface area contributed by atoms with E-state index in [-0.39, 0.29) is 17.9 Å². The fourth-order valence-electron chi connectivity index (χ4n) is 5.73. The Kier molecular flexibility index (Phi) is 6.96. The lowest BCUT2D eigenvalue weighted by Gasteiger charge is -2.28. The third-order valence-electron chi connectivity index (χ3n) is 7.56. The molecule has 0 aliphatic carbocycles. The summed E-state index contributed by atoms with van der Waals surface area (Å²) in [6.45, 7) is 2.46. The van der Waals surface area contributed by atoms with Gasteiger partial charge in [0.15, 0.2) is 0 Å². The minimum atomic E-state index is -0.566. The third-order valence-corrected chi connectivity index (χ3v) is 7.56. The van der Waals surface area contributed by atoms with Crippen molar-refractivity contribution < 1.29 is 14.3 Å². The van der Waals surface area contributed by atoms with Crippen molar-refractivity contribution >= 4 is 11.9 Å². The van der Waals surface area contributed by atoms with Gasteiger partial charge in [0.25, 0.3) is 0 Å². The average molecular weight is 469 g/mol. The fraction of sp³-hybridized carbons (Fsp3) is 0.333. The number of methoxy groups -OCH3 is 1. The van der Waals surface area contributed by atoms with E-state index in [0.717, 1.165) is 30.6 Å². The van der Waals surface area contributed by atoms with E-state index in [2.05, 4.69) is 29.2 Å². The number of hydrogen-bond donors (Lipinski definition) is 0. The molecule has 0 aromatic heterocycles. The number of amides is 1. The molecule has 3 aromatic rings. The van der Waals surface area contributed by atoms with Crippen LogP contribution in [0.15, 0.2) is 91.0 Å². The highest BCUT2D eigenvalue weighted by Gasteiger charge is 2.45. The molecular weight excluding hydrogens is 436 g/mol. The monoisotopic (exact) mass is 468 g/mol. The first-order valence-electron chi connectivity index (χ1n) is 12.4. The lowest BCUT2D eigenvalue weighted by molar-refractivity contribution is -0.151. The Balaban J connectivity index is 1.40. The average Bonchev–Trinajstić information content (AvgIpc) is 3.58. The van der Waals surface area contributed by atoms with Crippen LogP contribution in [0.1, 0.15) is 41.4 Å². The van der Waals surface area contributed by atoms with E-state index in [1.807, 2.05) is 66.7 Å². The van der Waals surface area contributed by atoms with Crippen molar-refractivity contribution in [3.05, 3.63) is 108 Å². The first kappa shape index (κ1) is 23.3. The molecule has 35 heavy (non-hydrogen) atoms. The molecule has 0 saturated carbocycles. The first-order chi connectivity index (χ1) is 17.2. The minimum Gasteiger partial charge on any atom is -0.467 e. The lowest BCUT2D eigenvalue weighted by Crippen LogP contribution is -2.44. The second kappa shape index (κ2) is 10.4. The number of rotatable bonds is 6. The summed E-state index contributed by atoms with van der Waals surface area (Å²) in [6.07, 6.45) is 1.70. The Morgan fingerprint density at radius 1 is 0.829 bits per heavy atom. The number of hydrogen-bond acceptors (Lipinski definition) is 4. The van der Waals surface area contributed by atoms with Crippen molar-refractivity contribution in [2.75, 3.05) is 26.7 Å². The van der Waals surface area contributed by atoms with E-state index in [1.54, 1.807) is 4.90 Å². The van der Waals surface area contributed by atoms with Gasteiger partial charge in [0, 0.05) is 19.1 Å². The number of esters is 1. The summed E-state index contributed by atoms with van der Waals surface area (Å²) in [5, 5.41) is 0. The van der Waals surface area contributed by atoms with Crippen LogP contribution in [0.3, 0.4) is 0 Å². The summed E-state index contributed by atoms with van der Waals surface area (Å²) in [5.74, 6) is -0.350. The van der Waals surface area contributed by atoms with Gasteiger partial charge in [-0.2, -0.15) is 0 Å². The summed E-state index contributed by atoms with van der Waals surface area (Å²) in [6, 6.07) is 29.9. The fourth-order valence-corrected chi connectivity index (χ4v) is 5.73. The van der Waals surface area contributed by atoms with Crippen LogP contribution in [-0.2, 0) is 14.3 Å². The first-order valence-corrected chi connectivity index (χ1v) is 12.4. The maximum absolute atomic E-state index is 14.1. The largest absolute Gasteiger partial charge is 0.467 e. The molecule has 1 unspecified atom stereocenters.